The number of para-hydroxylation sites is 1. The van der Waals surface area contributed by atoms with Gasteiger partial charge in [-0.05, 0) is 31.4 Å². The summed E-state index contributed by atoms with van der Waals surface area (Å²) in [6.07, 6.45) is 7.25. The molecule has 0 amide bonds. The van der Waals surface area contributed by atoms with Crippen molar-refractivity contribution in [3.8, 4) is 17.2 Å². The molecule has 156 valence electrons. The van der Waals surface area contributed by atoms with E-state index >= 15 is 0 Å². The Morgan fingerprint density at radius 2 is 1.54 bits per heavy atom. The van der Waals surface area contributed by atoms with Crippen LogP contribution in [0.1, 0.15) is 58.3 Å². The van der Waals surface area contributed by atoms with E-state index in [0.29, 0.717) is 30.9 Å². The van der Waals surface area contributed by atoms with Crippen LogP contribution >= 0.6 is 0 Å². The normalized spacial score (nSPS) is 19.0. The zero-order chi connectivity index (χ0) is 20.4. The highest BCUT2D eigenvalue weighted by Gasteiger charge is 2.38. The summed E-state index contributed by atoms with van der Waals surface area (Å²) in [5, 5.41) is 0. The van der Waals surface area contributed by atoms with Gasteiger partial charge in [0.05, 0.1) is 32.7 Å². The smallest absolute Gasteiger partial charge is 0.315 e. The van der Waals surface area contributed by atoms with Gasteiger partial charge in [-0.15, -0.1) is 0 Å². The monoisotopic (exact) mass is 392 g/mol. The molecule has 0 heterocycles. The third-order valence-corrected chi connectivity index (χ3v) is 5.20. The van der Waals surface area contributed by atoms with Crippen LogP contribution in [0.2, 0.25) is 0 Å². The van der Waals surface area contributed by atoms with E-state index in [-0.39, 0.29) is 11.7 Å². The molecule has 1 saturated carbocycles. The van der Waals surface area contributed by atoms with E-state index < -0.39 is 17.8 Å². The van der Waals surface area contributed by atoms with E-state index in [2.05, 4.69) is 6.92 Å². The number of methoxy groups -OCH3 is 2. The van der Waals surface area contributed by atoms with Crippen LogP contribution in [0.4, 0.5) is 0 Å². The molecule has 28 heavy (non-hydrogen) atoms. The van der Waals surface area contributed by atoms with Crippen molar-refractivity contribution in [2.24, 2.45) is 11.8 Å². The maximum absolute atomic E-state index is 12.9. The molecule has 1 aliphatic rings. The van der Waals surface area contributed by atoms with Crippen molar-refractivity contribution in [1.82, 2.24) is 0 Å². The lowest BCUT2D eigenvalue weighted by Crippen LogP contribution is -2.36. The molecule has 0 radical (unpaired) electrons. The second-order valence-electron chi connectivity index (χ2n) is 7.14. The Bertz CT molecular complexity index is 620. The first-order valence-corrected chi connectivity index (χ1v) is 10.2. The summed E-state index contributed by atoms with van der Waals surface area (Å²) >= 11 is 0. The number of carbonyl (C=O) groups is 2. The van der Waals surface area contributed by atoms with E-state index in [4.69, 9.17) is 18.9 Å². The predicted octanol–water partition coefficient (Wildman–Crippen LogP) is 4.54. The number of benzene rings is 1. The third kappa shape index (κ3) is 5.88. The van der Waals surface area contributed by atoms with Crippen molar-refractivity contribution in [3.05, 3.63) is 18.2 Å². The molecule has 1 fully saturated rings. The van der Waals surface area contributed by atoms with E-state index in [0.717, 1.165) is 38.5 Å². The highest BCUT2D eigenvalue weighted by Crippen LogP contribution is 2.39. The van der Waals surface area contributed by atoms with Crippen molar-refractivity contribution >= 4 is 11.9 Å². The molecule has 0 aromatic heterocycles. The molecule has 2 rings (SSSR count). The second kappa shape index (κ2) is 11.6. The minimum absolute atomic E-state index is 0.245. The molecule has 6 nitrogen and oxygen atoms in total. The Labute approximate surface area is 167 Å². The van der Waals surface area contributed by atoms with E-state index in [1.807, 2.05) is 0 Å². The fourth-order valence-corrected chi connectivity index (χ4v) is 3.60. The molecule has 0 bridgehead atoms. The minimum Gasteiger partial charge on any atom is -0.493 e. The first kappa shape index (κ1) is 22.1. The van der Waals surface area contributed by atoms with E-state index in [9.17, 15) is 9.59 Å². The average molecular weight is 392 g/mol. The van der Waals surface area contributed by atoms with E-state index in [1.165, 1.54) is 14.2 Å². The van der Waals surface area contributed by atoms with Crippen molar-refractivity contribution in [2.75, 3.05) is 20.8 Å². The van der Waals surface area contributed by atoms with Crippen molar-refractivity contribution in [2.45, 2.75) is 58.3 Å². The van der Waals surface area contributed by atoms with Gasteiger partial charge in [0.25, 0.3) is 0 Å². The molecular weight excluding hydrogens is 360 g/mol. The van der Waals surface area contributed by atoms with Gasteiger partial charge in [0.1, 0.15) is 0 Å². The van der Waals surface area contributed by atoms with Gasteiger partial charge < -0.3 is 18.9 Å². The van der Waals surface area contributed by atoms with Gasteiger partial charge in [0.15, 0.2) is 11.5 Å². The number of hydrogen-bond acceptors (Lipinski definition) is 6. The van der Waals surface area contributed by atoms with Crippen molar-refractivity contribution in [3.63, 3.8) is 0 Å². The number of carbonyl (C=O) groups excluding carboxylic acids is 2. The van der Waals surface area contributed by atoms with Gasteiger partial charge in [0, 0.05) is 0 Å². The van der Waals surface area contributed by atoms with Gasteiger partial charge in [-0.2, -0.15) is 0 Å². The Balaban J connectivity index is 2.03. The van der Waals surface area contributed by atoms with Gasteiger partial charge in [0.2, 0.25) is 5.75 Å². The highest BCUT2D eigenvalue weighted by atomic mass is 16.6. The third-order valence-electron chi connectivity index (χ3n) is 5.20. The number of esters is 2. The van der Waals surface area contributed by atoms with E-state index in [1.54, 1.807) is 18.2 Å². The summed E-state index contributed by atoms with van der Waals surface area (Å²) in [6.45, 7) is 2.55. The predicted molar refractivity (Wildman–Crippen MR) is 106 cm³/mol. The number of unbranched alkanes of at least 4 members (excludes halogenated alkanes) is 3. The van der Waals surface area contributed by atoms with Crippen LogP contribution < -0.4 is 14.2 Å². The summed E-state index contributed by atoms with van der Waals surface area (Å²) in [5.74, 6) is -0.605. The summed E-state index contributed by atoms with van der Waals surface area (Å²) in [5.41, 5.74) is 0. The van der Waals surface area contributed by atoms with Gasteiger partial charge in [-0.1, -0.05) is 45.1 Å². The second-order valence-corrected chi connectivity index (χ2v) is 7.14. The van der Waals surface area contributed by atoms with Crippen LogP contribution in [-0.4, -0.2) is 32.8 Å². The maximum Gasteiger partial charge on any atom is 0.315 e. The van der Waals surface area contributed by atoms with Crippen LogP contribution in [0.25, 0.3) is 0 Å². The van der Waals surface area contributed by atoms with Crippen molar-refractivity contribution < 1.29 is 28.5 Å². The minimum atomic E-state index is -0.508. The van der Waals surface area contributed by atoms with Gasteiger partial charge >= 0.3 is 11.9 Å². The Kier molecular flexibility index (Phi) is 9.11. The molecular formula is C22H32O6. The molecule has 0 aliphatic heterocycles. The lowest BCUT2D eigenvalue weighted by atomic mass is 9.79. The lowest BCUT2D eigenvalue weighted by molar-refractivity contribution is -0.158. The maximum atomic E-state index is 12.9. The first-order chi connectivity index (χ1) is 13.6. The number of rotatable bonds is 10. The lowest BCUT2D eigenvalue weighted by Gasteiger charge is -2.28. The topological polar surface area (TPSA) is 71.1 Å². The molecule has 1 aliphatic carbocycles. The van der Waals surface area contributed by atoms with Crippen molar-refractivity contribution in [1.29, 1.82) is 0 Å². The number of ether oxygens (including phenoxy) is 4. The average Bonchev–Trinajstić information content (AvgIpc) is 2.73. The summed E-state index contributed by atoms with van der Waals surface area (Å²) < 4.78 is 21.7. The molecule has 0 spiro atoms. The molecule has 1 aromatic carbocycles. The zero-order valence-electron chi connectivity index (χ0n) is 17.2. The first-order valence-electron chi connectivity index (χ1n) is 10.2. The standard InChI is InChI=1S/C22H32O6/c1-4-5-6-9-15-27-21(23)16-11-7-8-12-17(16)22(24)28-20-18(25-2)13-10-14-19(20)26-3/h10,13-14,16-17H,4-9,11-12,15H2,1-3H3. The van der Waals surface area contributed by atoms with Crippen LogP contribution in [0.5, 0.6) is 17.2 Å². The van der Waals surface area contributed by atoms with Crippen LogP contribution in [0, 0.1) is 11.8 Å². The van der Waals surface area contributed by atoms with Gasteiger partial charge in [-0.3, -0.25) is 9.59 Å². The zero-order valence-corrected chi connectivity index (χ0v) is 17.2. The fraction of sp³-hybridized carbons (Fsp3) is 0.636. The Hall–Kier alpha value is -2.24. The summed E-state index contributed by atoms with van der Waals surface area (Å²) in [7, 11) is 3.01. The number of hydrogen-bond donors (Lipinski definition) is 0. The SMILES string of the molecule is CCCCCCOC(=O)C1CCCCC1C(=O)Oc1c(OC)cccc1OC. The Morgan fingerprint density at radius 3 is 2.11 bits per heavy atom. The van der Waals surface area contributed by atoms with Crippen LogP contribution in [0.3, 0.4) is 0 Å². The summed E-state index contributed by atoms with van der Waals surface area (Å²) in [6, 6.07) is 5.16. The molecule has 0 N–H and O–H groups in total. The Morgan fingerprint density at radius 1 is 0.929 bits per heavy atom. The summed E-state index contributed by atoms with van der Waals surface area (Å²) in [4.78, 5) is 25.5. The molecule has 0 saturated heterocycles. The fourth-order valence-electron chi connectivity index (χ4n) is 3.60. The highest BCUT2D eigenvalue weighted by molar-refractivity contribution is 5.84. The largest absolute Gasteiger partial charge is 0.493 e. The quantitative estimate of drug-likeness (QED) is 0.331. The molecule has 6 heteroatoms. The molecule has 1 aromatic rings. The van der Waals surface area contributed by atoms with Crippen LogP contribution in [0.15, 0.2) is 18.2 Å². The molecule has 2 unspecified atom stereocenters. The molecule has 2 atom stereocenters. The van der Waals surface area contributed by atoms with Crippen LogP contribution in [-0.2, 0) is 14.3 Å². The van der Waals surface area contributed by atoms with Gasteiger partial charge in [-0.25, -0.2) is 0 Å².